The van der Waals surface area contributed by atoms with Crippen LogP contribution in [0.5, 0.6) is 0 Å². The van der Waals surface area contributed by atoms with Crippen LogP contribution in [0.15, 0.2) is 66.9 Å². The van der Waals surface area contributed by atoms with Gasteiger partial charge in [0.15, 0.2) is 5.82 Å². The molecular formula is C16H11N5. The first-order valence-corrected chi connectivity index (χ1v) is 6.61. The lowest BCUT2D eigenvalue weighted by Crippen LogP contribution is -2.02. The van der Waals surface area contributed by atoms with Gasteiger partial charge in [0, 0.05) is 6.20 Å². The summed E-state index contributed by atoms with van der Waals surface area (Å²) in [6, 6.07) is 19.2. The summed E-state index contributed by atoms with van der Waals surface area (Å²) in [5.41, 5.74) is 3.33. The minimum Gasteiger partial charge on any atom is -0.255 e. The molecule has 21 heavy (non-hydrogen) atoms. The largest absolute Gasteiger partial charge is 0.255 e. The molecular weight excluding hydrogens is 262 g/mol. The van der Waals surface area contributed by atoms with Crippen LogP contribution in [0.2, 0.25) is 0 Å². The van der Waals surface area contributed by atoms with Gasteiger partial charge in [-0.2, -0.15) is 0 Å². The predicted molar refractivity (Wildman–Crippen MR) is 79.9 cm³/mol. The maximum atomic E-state index is 4.58. The van der Waals surface area contributed by atoms with Crippen LogP contribution in [-0.4, -0.2) is 25.0 Å². The second-order valence-corrected chi connectivity index (χ2v) is 4.57. The molecule has 0 saturated heterocycles. The molecule has 1 aromatic carbocycles. The quantitative estimate of drug-likeness (QED) is 0.563. The molecule has 0 spiro atoms. The molecule has 5 heteroatoms. The van der Waals surface area contributed by atoms with Crippen LogP contribution in [0.25, 0.3) is 28.2 Å². The van der Waals surface area contributed by atoms with Gasteiger partial charge in [0.05, 0.1) is 11.4 Å². The van der Waals surface area contributed by atoms with Crippen molar-refractivity contribution in [1.29, 1.82) is 0 Å². The Balaban J connectivity index is 1.82. The van der Waals surface area contributed by atoms with Crippen LogP contribution < -0.4 is 0 Å². The third kappa shape index (κ3) is 2.14. The van der Waals surface area contributed by atoms with E-state index in [2.05, 4.69) is 20.2 Å². The number of pyridine rings is 2. The van der Waals surface area contributed by atoms with Crippen LogP contribution in [-0.2, 0) is 0 Å². The van der Waals surface area contributed by atoms with Crippen molar-refractivity contribution in [1.82, 2.24) is 25.0 Å². The molecule has 0 atom stereocenters. The van der Waals surface area contributed by atoms with E-state index in [9.17, 15) is 0 Å². The molecule has 100 valence electrons. The monoisotopic (exact) mass is 273 g/mol. The summed E-state index contributed by atoms with van der Waals surface area (Å²) in [5.74, 6) is 0.675. The fourth-order valence-corrected chi connectivity index (χ4v) is 2.15. The van der Waals surface area contributed by atoms with Gasteiger partial charge in [0.1, 0.15) is 11.0 Å². The second-order valence-electron chi connectivity index (χ2n) is 4.57. The summed E-state index contributed by atoms with van der Waals surface area (Å²) in [4.78, 5) is 10.5. The molecule has 4 rings (SSSR count). The van der Waals surface area contributed by atoms with Gasteiger partial charge in [-0.15, -0.1) is 15.0 Å². The normalized spacial score (nSPS) is 10.9. The van der Waals surface area contributed by atoms with Crippen molar-refractivity contribution >= 4 is 11.0 Å². The summed E-state index contributed by atoms with van der Waals surface area (Å²) >= 11 is 0. The summed E-state index contributed by atoms with van der Waals surface area (Å²) < 4.78 is 0. The van der Waals surface area contributed by atoms with Gasteiger partial charge in [-0.1, -0.05) is 24.3 Å². The van der Waals surface area contributed by atoms with Crippen molar-refractivity contribution in [2.45, 2.75) is 0 Å². The van der Waals surface area contributed by atoms with Crippen molar-refractivity contribution < 1.29 is 0 Å². The summed E-state index contributed by atoms with van der Waals surface area (Å²) in [6.45, 7) is 0. The first-order valence-electron chi connectivity index (χ1n) is 6.61. The van der Waals surface area contributed by atoms with E-state index in [1.165, 1.54) is 0 Å². The van der Waals surface area contributed by atoms with E-state index in [0.29, 0.717) is 5.82 Å². The fourth-order valence-electron chi connectivity index (χ4n) is 2.15. The number of rotatable bonds is 2. The SMILES string of the molecule is c1ccc(-c2cccc(-n3nc4ccccc4n3)n2)nc1. The van der Waals surface area contributed by atoms with Crippen LogP contribution >= 0.6 is 0 Å². The van der Waals surface area contributed by atoms with E-state index in [4.69, 9.17) is 0 Å². The number of benzene rings is 1. The van der Waals surface area contributed by atoms with Gasteiger partial charge in [-0.05, 0) is 36.4 Å². The molecule has 5 nitrogen and oxygen atoms in total. The van der Waals surface area contributed by atoms with E-state index < -0.39 is 0 Å². The number of fused-ring (bicyclic) bond motifs is 1. The standard InChI is InChI=1S/C16H11N5/c1-2-8-15-14(7-1)19-21(20-15)16-10-5-9-13(18-16)12-6-3-4-11-17-12/h1-11H. The van der Waals surface area contributed by atoms with Crippen LogP contribution in [0.3, 0.4) is 0 Å². The lowest BCUT2D eigenvalue weighted by atomic mass is 10.2. The molecule has 0 aliphatic heterocycles. The highest BCUT2D eigenvalue weighted by molar-refractivity contribution is 5.73. The predicted octanol–water partition coefficient (Wildman–Crippen LogP) is 2.88. The lowest BCUT2D eigenvalue weighted by Gasteiger charge is -2.02. The Hall–Kier alpha value is -3.08. The fraction of sp³-hybridized carbons (Fsp3) is 0. The molecule has 0 bridgehead atoms. The Morgan fingerprint density at radius 1 is 0.667 bits per heavy atom. The Kier molecular flexibility index (Phi) is 2.67. The van der Waals surface area contributed by atoms with E-state index >= 15 is 0 Å². The molecule has 3 aromatic heterocycles. The van der Waals surface area contributed by atoms with Crippen molar-refractivity contribution in [3.8, 4) is 17.2 Å². The zero-order valence-corrected chi connectivity index (χ0v) is 11.1. The Morgan fingerprint density at radius 2 is 1.38 bits per heavy atom. The lowest BCUT2D eigenvalue weighted by molar-refractivity contribution is 0.742. The number of hydrogen-bond donors (Lipinski definition) is 0. The van der Waals surface area contributed by atoms with E-state index in [1.807, 2.05) is 60.7 Å². The van der Waals surface area contributed by atoms with E-state index in [1.54, 1.807) is 11.0 Å². The van der Waals surface area contributed by atoms with Crippen LogP contribution in [0, 0.1) is 0 Å². The average molecular weight is 273 g/mol. The highest BCUT2D eigenvalue weighted by Gasteiger charge is 2.07. The molecule has 0 saturated carbocycles. The van der Waals surface area contributed by atoms with Crippen molar-refractivity contribution in [2.24, 2.45) is 0 Å². The van der Waals surface area contributed by atoms with Gasteiger partial charge in [-0.3, -0.25) is 4.98 Å². The molecule has 0 fully saturated rings. The average Bonchev–Trinajstić information content (AvgIpc) is 3.00. The van der Waals surface area contributed by atoms with E-state index in [-0.39, 0.29) is 0 Å². The molecule has 0 amide bonds. The summed E-state index contributed by atoms with van der Waals surface area (Å²) in [6.07, 6.45) is 1.75. The first kappa shape index (κ1) is 11.7. The minimum absolute atomic E-state index is 0.675. The molecule has 0 unspecified atom stereocenters. The highest BCUT2D eigenvalue weighted by atomic mass is 15.5. The first-order chi connectivity index (χ1) is 10.4. The molecule has 0 aliphatic rings. The summed E-state index contributed by atoms with van der Waals surface area (Å²) in [7, 11) is 0. The van der Waals surface area contributed by atoms with Crippen molar-refractivity contribution in [3.05, 3.63) is 66.9 Å². The Morgan fingerprint density at radius 3 is 2.10 bits per heavy atom. The van der Waals surface area contributed by atoms with Crippen molar-refractivity contribution in [3.63, 3.8) is 0 Å². The maximum absolute atomic E-state index is 4.58. The van der Waals surface area contributed by atoms with Crippen LogP contribution in [0.4, 0.5) is 0 Å². The van der Waals surface area contributed by atoms with Gasteiger partial charge in [0.2, 0.25) is 0 Å². The maximum Gasteiger partial charge on any atom is 0.174 e. The molecule has 0 N–H and O–H groups in total. The molecule has 0 radical (unpaired) electrons. The molecule has 3 heterocycles. The van der Waals surface area contributed by atoms with Crippen molar-refractivity contribution in [2.75, 3.05) is 0 Å². The number of hydrogen-bond acceptors (Lipinski definition) is 4. The number of aromatic nitrogens is 5. The minimum atomic E-state index is 0.675. The highest BCUT2D eigenvalue weighted by Crippen LogP contribution is 2.16. The third-order valence-corrected chi connectivity index (χ3v) is 3.15. The van der Waals surface area contributed by atoms with Gasteiger partial charge in [0.25, 0.3) is 0 Å². The van der Waals surface area contributed by atoms with Gasteiger partial charge in [-0.25, -0.2) is 4.98 Å². The van der Waals surface area contributed by atoms with Crippen LogP contribution in [0.1, 0.15) is 0 Å². The zero-order valence-electron chi connectivity index (χ0n) is 11.1. The zero-order chi connectivity index (χ0) is 14.1. The van der Waals surface area contributed by atoms with Gasteiger partial charge < -0.3 is 0 Å². The second kappa shape index (κ2) is 4.79. The third-order valence-electron chi connectivity index (χ3n) is 3.15. The molecule has 0 aliphatic carbocycles. The molecule has 4 aromatic rings. The topological polar surface area (TPSA) is 56.5 Å². The number of nitrogens with zero attached hydrogens (tertiary/aromatic N) is 5. The Labute approximate surface area is 120 Å². The smallest absolute Gasteiger partial charge is 0.174 e. The van der Waals surface area contributed by atoms with Gasteiger partial charge >= 0.3 is 0 Å². The summed E-state index contributed by atoms with van der Waals surface area (Å²) in [5, 5.41) is 8.88. The van der Waals surface area contributed by atoms with E-state index in [0.717, 1.165) is 22.4 Å². The Bertz CT molecular complexity index is 866.